The van der Waals surface area contributed by atoms with Crippen molar-refractivity contribution in [3.8, 4) is 0 Å². The van der Waals surface area contributed by atoms with Crippen LogP contribution in [0.1, 0.15) is 30.0 Å². The van der Waals surface area contributed by atoms with Gasteiger partial charge in [0.05, 0.1) is 5.60 Å². The molecule has 0 aromatic heterocycles. The summed E-state index contributed by atoms with van der Waals surface area (Å²) in [6.07, 6.45) is 1.04. The lowest BCUT2D eigenvalue weighted by atomic mass is 9.84. The molecule has 19 heavy (non-hydrogen) atoms. The van der Waals surface area contributed by atoms with E-state index in [9.17, 15) is 9.50 Å². The molecule has 0 aliphatic rings. The van der Waals surface area contributed by atoms with Gasteiger partial charge in [-0.3, -0.25) is 0 Å². The Morgan fingerprint density at radius 3 is 2.37 bits per heavy atom. The Morgan fingerprint density at radius 2 is 1.79 bits per heavy atom. The van der Waals surface area contributed by atoms with Gasteiger partial charge in [-0.05, 0) is 36.1 Å². The zero-order chi connectivity index (χ0) is 13.9. The van der Waals surface area contributed by atoms with Crippen molar-refractivity contribution in [2.24, 2.45) is 0 Å². The molecule has 1 nitrogen and oxygen atoms in total. The first-order valence-corrected chi connectivity index (χ1v) is 6.58. The molecule has 0 aliphatic carbocycles. The summed E-state index contributed by atoms with van der Waals surface area (Å²) < 4.78 is 13.7. The summed E-state index contributed by atoms with van der Waals surface area (Å²) >= 11 is 0. The molecule has 0 heterocycles. The number of hydrogen-bond acceptors (Lipinski definition) is 1. The fourth-order valence-corrected chi connectivity index (χ4v) is 2.25. The minimum absolute atomic E-state index is 0.266. The highest BCUT2D eigenvalue weighted by Crippen LogP contribution is 2.30. The van der Waals surface area contributed by atoms with Gasteiger partial charge in [0, 0.05) is 6.42 Å². The third-order valence-electron chi connectivity index (χ3n) is 3.63. The maximum Gasteiger partial charge on any atom is 0.126 e. The minimum Gasteiger partial charge on any atom is -0.385 e. The van der Waals surface area contributed by atoms with Crippen LogP contribution in [0.3, 0.4) is 0 Å². The van der Waals surface area contributed by atoms with Crippen LogP contribution in [0.25, 0.3) is 0 Å². The van der Waals surface area contributed by atoms with E-state index in [2.05, 4.69) is 0 Å². The van der Waals surface area contributed by atoms with E-state index in [0.29, 0.717) is 24.0 Å². The molecule has 2 aromatic carbocycles. The number of aliphatic hydroxyl groups is 1. The molecule has 100 valence electrons. The zero-order valence-corrected chi connectivity index (χ0v) is 11.4. The second kappa shape index (κ2) is 5.54. The fraction of sp³-hybridized carbons (Fsp3) is 0.294. The largest absolute Gasteiger partial charge is 0.385 e. The summed E-state index contributed by atoms with van der Waals surface area (Å²) in [6.45, 7) is 3.64. The summed E-state index contributed by atoms with van der Waals surface area (Å²) in [6, 6.07) is 14.8. The van der Waals surface area contributed by atoms with E-state index in [4.69, 9.17) is 0 Å². The summed E-state index contributed by atoms with van der Waals surface area (Å²) in [4.78, 5) is 0. The first-order valence-electron chi connectivity index (χ1n) is 6.58. The van der Waals surface area contributed by atoms with Gasteiger partial charge in [0.15, 0.2) is 0 Å². The van der Waals surface area contributed by atoms with Crippen LogP contribution >= 0.6 is 0 Å². The molecule has 2 heteroatoms. The molecule has 0 radical (unpaired) electrons. The monoisotopic (exact) mass is 258 g/mol. The smallest absolute Gasteiger partial charge is 0.126 e. The second-order valence-electron chi connectivity index (χ2n) is 5.01. The molecule has 1 unspecified atom stereocenters. The SMILES string of the molecule is CCC(O)(Cc1ccccc1)c1ccc(C)c(F)c1. The number of benzene rings is 2. The molecule has 0 bridgehead atoms. The van der Waals surface area contributed by atoms with Gasteiger partial charge in [0.2, 0.25) is 0 Å². The molecule has 2 aromatic rings. The molecule has 1 atom stereocenters. The molecule has 1 N–H and O–H groups in total. The molecule has 0 amide bonds. The van der Waals surface area contributed by atoms with Gasteiger partial charge >= 0.3 is 0 Å². The standard InChI is InChI=1S/C17H19FO/c1-3-17(19,12-14-7-5-4-6-8-14)15-10-9-13(2)16(18)11-15/h4-11,19H,3,12H2,1-2H3. The van der Waals surface area contributed by atoms with Crippen molar-refractivity contribution >= 4 is 0 Å². The topological polar surface area (TPSA) is 20.2 Å². The van der Waals surface area contributed by atoms with E-state index in [0.717, 1.165) is 5.56 Å². The van der Waals surface area contributed by atoms with Crippen molar-refractivity contribution in [1.29, 1.82) is 0 Å². The Balaban J connectivity index is 2.33. The summed E-state index contributed by atoms with van der Waals surface area (Å²) in [7, 11) is 0. The molecular formula is C17H19FO. The predicted octanol–water partition coefficient (Wildman–Crippen LogP) is 3.97. The maximum atomic E-state index is 13.7. The van der Waals surface area contributed by atoms with Crippen molar-refractivity contribution < 1.29 is 9.50 Å². The Kier molecular flexibility index (Phi) is 4.01. The van der Waals surface area contributed by atoms with Crippen molar-refractivity contribution in [2.45, 2.75) is 32.3 Å². The lowest BCUT2D eigenvalue weighted by Gasteiger charge is -2.28. The van der Waals surface area contributed by atoms with Crippen LogP contribution in [0.5, 0.6) is 0 Å². The highest BCUT2D eigenvalue weighted by Gasteiger charge is 2.28. The first-order chi connectivity index (χ1) is 9.05. The zero-order valence-electron chi connectivity index (χ0n) is 11.4. The van der Waals surface area contributed by atoms with Gasteiger partial charge in [0.1, 0.15) is 5.82 Å². The molecule has 0 saturated carbocycles. The van der Waals surface area contributed by atoms with Crippen LogP contribution in [0.2, 0.25) is 0 Å². The Labute approximate surface area is 113 Å². The average Bonchev–Trinajstić information content (AvgIpc) is 2.43. The second-order valence-corrected chi connectivity index (χ2v) is 5.01. The van der Waals surface area contributed by atoms with Crippen molar-refractivity contribution in [2.75, 3.05) is 0 Å². The van der Waals surface area contributed by atoms with Crippen molar-refractivity contribution in [1.82, 2.24) is 0 Å². The van der Waals surface area contributed by atoms with Gasteiger partial charge in [0.25, 0.3) is 0 Å². The summed E-state index contributed by atoms with van der Waals surface area (Å²) in [5.74, 6) is -0.266. The minimum atomic E-state index is -1.02. The van der Waals surface area contributed by atoms with E-state index in [1.165, 1.54) is 6.07 Å². The highest BCUT2D eigenvalue weighted by atomic mass is 19.1. The highest BCUT2D eigenvalue weighted by molar-refractivity contribution is 5.30. The lowest BCUT2D eigenvalue weighted by Crippen LogP contribution is -2.27. The van der Waals surface area contributed by atoms with Crippen LogP contribution in [-0.4, -0.2) is 5.11 Å². The summed E-state index contributed by atoms with van der Waals surface area (Å²) in [5, 5.41) is 10.8. The lowest BCUT2D eigenvalue weighted by molar-refractivity contribution is 0.0324. The Hall–Kier alpha value is -1.67. The van der Waals surface area contributed by atoms with Crippen LogP contribution in [0.15, 0.2) is 48.5 Å². The van der Waals surface area contributed by atoms with Gasteiger partial charge in [-0.1, -0.05) is 49.4 Å². The molecular weight excluding hydrogens is 239 g/mol. The molecule has 0 aliphatic heterocycles. The Bertz CT molecular complexity index is 550. The number of halogens is 1. The fourth-order valence-electron chi connectivity index (χ4n) is 2.25. The van der Waals surface area contributed by atoms with E-state index in [-0.39, 0.29) is 5.82 Å². The average molecular weight is 258 g/mol. The molecule has 0 saturated heterocycles. The van der Waals surface area contributed by atoms with Crippen LogP contribution in [0.4, 0.5) is 4.39 Å². The van der Waals surface area contributed by atoms with E-state index >= 15 is 0 Å². The Morgan fingerprint density at radius 1 is 1.11 bits per heavy atom. The van der Waals surface area contributed by atoms with Gasteiger partial charge in [-0.2, -0.15) is 0 Å². The van der Waals surface area contributed by atoms with E-state index in [1.807, 2.05) is 43.3 Å². The maximum absolute atomic E-state index is 13.7. The van der Waals surface area contributed by atoms with Gasteiger partial charge in [-0.15, -0.1) is 0 Å². The normalized spacial score (nSPS) is 14.1. The van der Waals surface area contributed by atoms with E-state index in [1.54, 1.807) is 13.0 Å². The van der Waals surface area contributed by atoms with Crippen molar-refractivity contribution in [3.05, 3.63) is 71.0 Å². The first kappa shape index (κ1) is 13.8. The third-order valence-corrected chi connectivity index (χ3v) is 3.63. The molecule has 0 spiro atoms. The number of aryl methyl sites for hydroxylation is 1. The van der Waals surface area contributed by atoms with E-state index < -0.39 is 5.60 Å². The van der Waals surface area contributed by atoms with Crippen LogP contribution < -0.4 is 0 Å². The number of hydrogen-bond donors (Lipinski definition) is 1. The molecule has 0 fully saturated rings. The van der Waals surface area contributed by atoms with Gasteiger partial charge < -0.3 is 5.11 Å². The number of rotatable bonds is 4. The molecule has 2 rings (SSSR count). The van der Waals surface area contributed by atoms with Crippen molar-refractivity contribution in [3.63, 3.8) is 0 Å². The van der Waals surface area contributed by atoms with Crippen LogP contribution in [0, 0.1) is 12.7 Å². The summed E-state index contributed by atoms with van der Waals surface area (Å²) in [5.41, 5.74) is 1.27. The van der Waals surface area contributed by atoms with Crippen LogP contribution in [-0.2, 0) is 12.0 Å². The van der Waals surface area contributed by atoms with Gasteiger partial charge in [-0.25, -0.2) is 4.39 Å². The quantitative estimate of drug-likeness (QED) is 0.879. The predicted molar refractivity (Wildman–Crippen MR) is 75.5 cm³/mol. The third kappa shape index (κ3) is 3.02.